The van der Waals surface area contributed by atoms with Gasteiger partial charge in [-0.2, -0.15) is 0 Å². The van der Waals surface area contributed by atoms with Gasteiger partial charge in [0.2, 0.25) is 0 Å². The van der Waals surface area contributed by atoms with Gasteiger partial charge in [-0.3, -0.25) is 0 Å². The van der Waals surface area contributed by atoms with Gasteiger partial charge in [-0.05, 0) is 32.4 Å². The third kappa shape index (κ3) is 2.22. The van der Waals surface area contributed by atoms with Crippen LogP contribution in [0.2, 0.25) is 0 Å². The lowest BCUT2D eigenvalue weighted by atomic mass is 9.95. The van der Waals surface area contributed by atoms with Crippen LogP contribution in [0.25, 0.3) is 22.5 Å². The number of fused-ring (bicyclic) bond motifs is 5. The Balaban J connectivity index is 2.09. The van der Waals surface area contributed by atoms with Crippen LogP contribution in [0.15, 0.2) is 48.5 Å². The van der Waals surface area contributed by atoms with E-state index in [1.54, 1.807) is 0 Å². The molecule has 0 unspecified atom stereocenters. The van der Waals surface area contributed by atoms with Crippen molar-refractivity contribution in [2.45, 2.75) is 32.9 Å². The van der Waals surface area contributed by atoms with Crippen LogP contribution in [0, 0.1) is 0 Å². The number of hydrogen-bond donors (Lipinski definition) is 1. The van der Waals surface area contributed by atoms with Gasteiger partial charge in [0.15, 0.2) is 0 Å². The van der Waals surface area contributed by atoms with Crippen LogP contribution < -0.4 is 5.32 Å². The molecule has 0 fully saturated rings. The first-order valence-corrected chi connectivity index (χ1v) is 7.93. The molecule has 4 nitrogen and oxygen atoms in total. The maximum atomic E-state index is 4.54. The van der Waals surface area contributed by atoms with Crippen molar-refractivity contribution in [3.05, 3.63) is 54.1 Å². The van der Waals surface area contributed by atoms with E-state index in [1.165, 1.54) is 11.1 Å². The Labute approximate surface area is 136 Å². The number of rotatable bonds is 0. The van der Waals surface area contributed by atoms with E-state index in [9.17, 15) is 0 Å². The first-order chi connectivity index (χ1) is 11.1. The fourth-order valence-electron chi connectivity index (χ4n) is 3.11. The second kappa shape index (κ2) is 4.95. The molecule has 0 atom stereocenters. The van der Waals surface area contributed by atoms with E-state index in [1.807, 2.05) is 16.8 Å². The van der Waals surface area contributed by atoms with Crippen LogP contribution >= 0.6 is 0 Å². The molecule has 4 heteroatoms. The molecule has 1 aliphatic rings. The molecule has 1 N–H and O–H groups in total. The minimum absolute atomic E-state index is 0.130. The summed E-state index contributed by atoms with van der Waals surface area (Å²) in [7, 11) is 0. The molecular weight excluding hydrogens is 284 g/mol. The quantitative estimate of drug-likeness (QED) is 0.673. The summed E-state index contributed by atoms with van der Waals surface area (Å²) in [6, 6.07) is 16.8. The zero-order valence-electron chi connectivity index (χ0n) is 13.7. The van der Waals surface area contributed by atoms with E-state index in [0.717, 1.165) is 29.2 Å². The van der Waals surface area contributed by atoms with Crippen LogP contribution in [0.3, 0.4) is 0 Å². The van der Waals surface area contributed by atoms with E-state index >= 15 is 0 Å². The van der Waals surface area contributed by atoms with Gasteiger partial charge in [0.05, 0.1) is 11.2 Å². The van der Waals surface area contributed by atoms with Crippen LogP contribution in [0.1, 0.15) is 26.3 Å². The predicted molar refractivity (Wildman–Crippen MR) is 93.2 cm³/mol. The van der Waals surface area contributed by atoms with Crippen molar-refractivity contribution in [2.75, 3.05) is 5.32 Å². The van der Waals surface area contributed by atoms with Crippen molar-refractivity contribution in [3.8, 4) is 22.5 Å². The molecule has 0 spiro atoms. The lowest BCUT2D eigenvalue weighted by Gasteiger charge is -2.24. The minimum atomic E-state index is -0.130. The second-order valence-electron chi connectivity index (χ2n) is 6.93. The van der Waals surface area contributed by atoms with E-state index in [-0.39, 0.29) is 5.54 Å². The molecule has 0 saturated carbocycles. The Morgan fingerprint density at radius 2 is 1.65 bits per heavy atom. The molecule has 0 bridgehead atoms. The van der Waals surface area contributed by atoms with Gasteiger partial charge < -0.3 is 5.32 Å². The largest absolute Gasteiger partial charge is 0.380 e. The molecule has 116 valence electrons. The van der Waals surface area contributed by atoms with Crippen LogP contribution in [-0.2, 0) is 12.1 Å². The van der Waals surface area contributed by atoms with Crippen molar-refractivity contribution in [2.24, 2.45) is 0 Å². The Kier molecular flexibility index (Phi) is 3.01. The number of hydrogen-bond acceptors (Lipinski definition) is 3. The number of nitrogens with zero attached hydrogens (tertiary/aromatic N) is 3. The zero-order chi connectivity index (χ0) is 16.0. The standard InChI is InChI=1S/C19H20N4/c1-19(2,3)23-18-14-9-5-4-8-13(14)12-20-16-11-7-6-10-15(16)17(18)21-22-23/h4-11,20H,12H2,1-3H3. The number of para-hydroxylation sites is 1. The fraction of sp³-hybridized carbons (Fsp3) is 0.263. The average molecular weight is 304 g/mol. The number of aromatic nitrogens is 3. The average Bonchev–Trinajstić information content (AvgIpc) is 2.96. The summed E-state index contributed by atoms with van der Waals surface area (Å²) < 4.78 is 2.04. The normalized spacial score (nSPS) is 13.2. The molecule has 0 amide bonds. The summed E-state index contributed by atoms with van der Waals surface area (Å²) >= 11 is 0. The lowest BCUT2D eigenvalue weighted by molar-refractivity contribution is 0.351. The monoisotopic (exact) mass is 304 g/mol. The smallest absolute Gasteiger partial charge is 0.123 e. The van der Waals surface area contributed by atoms with Crippen LogP contribution in [0.5, 0.6) is 0 Å². The topological polar surface area (TPSA) is 42.7 Å². The van der Waals surface area contributed by atoms with Gasteiger partial charge in [0.1, 0.15) is 5.69 Å². The number of nitrogens with one attached hydrogen (secondary N) is 1. The highest BCUT2D eigenvalue weighted by atomic mass is 15.5. The van der Waals surface area contributed by atoms with Crippen molar-refractivity contribution < 1.29 is 0 Å². The summed E-state index contributed by atoms with van der Waals surface area (Å²) in [5.74, 6) is 0. The molecule has 0 aliphatic carbocycles. The summed E-state index contributed by atoms with van der Waals surface area (Å²) in [4.78, 5) is 0. The maximum Gasteiger partial charge on any atom is 0.123 e. The van der Waals surface area contributed by atoms with Crippen LogP contribution in [0.4, 0.5) is 5.69 Å². The lowest BCUT2D eigenvalue weighted by Crippen LogP contribution is -2.24. The van der Waals surface area contributed by atoms with Crippen LogP contribution in [-0.4, -0.2) is 15.0 Å². The molecule has 0 saturated heterocycles. The van der Waals surface area contributed by atoms with E-state index < -0.39 is 0 Å². The molecule has 1 aromatic heterocycles. The molecular formula is C19H20N4. The second-order valence-corrected chi connectivity index (χ2v) is 6.93. The fourth-order valence-corrected chi connectivity index (χ4v) is 3.11. The predicted octanol–water partition coefficient (Wildman–Crippen LogP) is 4.29. The van der Waals surface area contributed by atoms with Gasteiger partial charge in [-0.25, -0.2) is 4.68 Å². The summed E-state index contributed by atoms with van der Waals surface area (Å²) in [6.45, 7) is 7.27. The van der Waals surface area contributed by atoms with Gasteiger partial charge >= 0.3 is 0 Å². The van der Waals surface area contributed by atoms with Gasteiger partial charge in [0.25, 0.3) is 0 Å². The van der Waals surface area contributed by atoms with Crippen molar-refractivity contribution in [1.29, 1.82) is 0 Å². The number of benzene rings is 2. The molecule has 2 aromatic carbocycles. The molecule has 3 aromatic rings. The summed E-state index contributed by atoms with van der Waals surface area (Å²) in [5.41, 5.74) is 6.57. The Bertz CT molecular complexity index is 871. The van der Waals surface area contributed by atoms with Gasteiger partial charge in [0, 0.05) is 23.4 Å². The van der Waals surface area contributed by atoms with Gasteiger partial charge in [-0.1, -0.05) is 47.7 Å². The molecule has 2 heterocycles. The summed E-state index contributed by atoms with van der Waals surface area (Å²) in [6.07, 6.45) is 0. The van der Waals surface area contributed by atoms with Crippen molar-refractivity contribution in [3.63, 3.8) is 0 Å². The highest BCUT2D eigenvalue weighted by molar-refractivity contribution is 5.87. The number of anilines is 1. The Hall–Kier alpha value is -2.62. The highest BCUT2D eigenvalue weighted by Gasteiger charge is 2.27. The first kappa shape index (κ1) is 14.0. The minimum Gasteiger partial charge on any atom is -0.380 e. The molecule has 23 heavy (non-hydrogen) atoms. The molecule has 1 aliphatic heterocycles. The third-order valence-corrected chi connectivity index (χ3v) is 4.23. The van der Waals surface area contributed by atoms with Gasteiger partial charge in [-0.15, -0.1) is 5.10 Å². The Morgan fingerprint density at radius 1 is 0.957 bits per heavy atom. The molecule has 4 rings (SSSR count). The van der Waals surface area contributed by atoms with Crippen molar-refractivity contribution >= 4 is 5.69 Å². The van der Waals surface area contributed by atoms with E-state index in [2.05, 4.69) is 72.8 Å². The van der Waals surface area contributed by atoms with E-state index in [4.69, 9.17) is 0 Å². The zero-order valence-corrected chi connectivity index (χ0v) is 13.7. The van der Waals surface area contributed by atoms with Crippen molar-refractivity contribution in [1.82, 2.24) is 15.0 Å². The SMILES string of the molecule is CC(C)(C)n1nnc2c1-c1ccccc1CNc1ccccc1-2. The molecule has 0 radical (unpaired) electrons. The highest BCUT2D eigenvalue weighted by Crippen LogP contribution is 2.40. The van der Waals surface area contributed by atoms with E-state index in [0.29, 0.717) is 0 Å². The Morgan fingerprint density at radius 3 is 2.43 bits per heavy atom. The third-order valence-electron chi connectivity index (χ3n) is 4.23. The maximum absolute atomic E-state index is 4.54. The first-order valence-electron chi connectivity index (χ1n) is 7.93. The summed E-state index contributed by atoms with van der Waals surface area (Å²) in [5, 5.41) is 12.6.